The first kappa shape index (κ1) is 15.4. The minimum Gasteiger partial charge on any atom is -0.353 e. The van der Waals surface area contributed by atoms with Gasteiger partial charge in [-0.15, -0.1) is 0 Å². The van der Waals surface area contributed by atoms with Gasteiger partial charge in [0.1, 0.15) is 12.2 Å². The van der Waals surface area contributed by atoms with E-state index in [9.17, 15) is 14.0 Å². The molecule has 0 spiro atoms. The molecule has 0 heterocycles. The van der Waals surface area contributed by atoms with Gasteiger partial charge in [0.2, 0.25) is 11.8 Å². The molecular formula is C14H14FN3O2. The molecule has 0 aliphatic heterocycles. The van der Waals surface area contributed by atoms with Crippen LogP contribution >= 0.6 is 0 Å². The Morgan fingerprint density at radius 2 is 2.05 bits per heavy atom. The highest BCUT2D eigenvalue weighted by Gasteiger charge is 1.99. The minimum absolute atomic E-state index is 0.201. The third-order valence-corrected chi connectivity index (χ3v) is 2.26. The molecule has 1 aromatic carbocycles. The number of carbonyl (C=O) groups excluding carboxylic acids is 2. The van der Waals surface area contributed by atoms with Gasteiger partial charge >= 0.3 is 0 Å². The molecule has 0 radical (unpaired) electrons. The Kier molecular flexibility index (Phi) is 6.48. The van der Waals surface area contributed by atoms with Gasteiger partial charge in [-0.1, -0.05) is 12.1 Å². The number of amides is 2. The summed E-state index contributed by atoms with van der Waals surface area (Å²) in [5.74, 6) is -1.09. The second-order valence-corrected chi connectivity index (χ2v) is 3.86. The summed E-state index contributed by atoms with van der Waals surface area (Å²) >= 11 is 0. The molecule has 0 aliphatic carbocycles. The van der Waals surface area contributed by atoms with Crippen LogP contribution in [-0.4, -0.2) is 24.9 Å². The molecule has 104 valence electrons. The van der Waals surface area contributed by atoms with Crippen LogP contribution in [0.1, 0.15) is 12.0 Å². The largest absolute Gasteiger partial charge is 0.353 e. The molecular weight excluding hydrogens is 261 g/mol. The number of rotatable bonds is 6. The van der Waals surface area contributed by atoms with Crippen LogP contribution in [0.4, 0.5) is 4.39 Å². The summed E-state index contributed by atoms with van der Waals surface area (Å²) in [4.78, 5) is 22.3. The fourth-order valence-electron chi connectivity index (χ4n) is 1.36. The molecule has 0 atom stereocenters. The van der Waals surface area contributed by atoms with E-state index in [2.05, 4.69) is 10.6 Å². The predicted octanol–water partition coefficient (Wildman–Crippen LogP) is 0.985. The SMILES string of the molecule is N#CCC(=O)NCCNC(=O)/C=C/c1cccc(F)c1. The van der Waals surface area contributed by atoms with Crippen LogP contribution in [0.3, 0.4) is 0 Å². The summed E-state index contributed by atoms with van der Waals surface area (Å²) in [6.07, 6.45) is 2.58. The van der Waals surface area contributed by atoms with Crippen molar-refractivity contribution in [1.29, 1.82) is 5.26 Å². The van der Waals surface area contributed by atoms with Crippen LogP contribution < -0.4 is 10.6 Å². The Balaban J connectivity index is 2.27. The number of hydrogen-bond donors (Lipinski definition) is 2. The molecule has 2 amide bonds. The Hall–Kier alpha value is -2.68. The zero-order valence-corrected chi connectivity index (χ0v) is 10.7. The minimum atomic E-state index is -0.378. The van der Waals surface area contributed by atoms with Crippen molar-refractivity contribution in [3.63, 3.8) is 0 Å². The van der Waals surface area contributed by atoms with Crippen LogP contribution in [0.2, 0.25) is 0 Å². The van der Waals surface area contributed by atoms with Crippen LogP contribution in [0, 0.1) is 17.1 Å². The average molecular weight is 275 g/mol. The molecule has 0 unspecified atom stereocenters. The summed E-state index contributed by atoms with van der Waals surface area (Å²) in [7, 11) is 0. The third kappa shape index (κ3) is 6.31. The molecule has 1 rings (SSSR count). The number of benzene rings is 1. The van der Waals surface area contributed by atoms with Gasteiger partial charge < -0.3 is 10.6 Å². The molecule has 0 saturated heterocycles. The van der Waals surface area contributed by atoms with Gasteiger partial charge in [-0.05, 0) is 23.8 Å². The second kappa shape index (κ2) is 8.43. The predicted molar refractivity (Wildman–Crippen MR) is 71.7 cm³/mol. The molecule has 6 heteroatoms. The summed E-state index contributed by atoms with van der Waals surface area (Å²) in [6, 6.07) is 7.58. The number of carbonyl (C=O) groups is 2. The fourth-order valence-corrected chi connectivity index (χ4v) is 1.36. The van der Waals surface area contributed by atoms with Gasteiger partial charge in [-0.25, -0.2) is 4.39 Å². The lowest BCUT2D eigenvalue weighted by Gasteiger charge is -2.03. The van der Waals surface area contributed by atoms with Crippen molar-refractivity contribution in [3.8, 4) is 6.07 Å². The zero-order chi connectivity index (χ0) is 14.8. The van der Waals surface area contributed by atoms with Gasteiger partial charge in [-0.3, -0.25) is 9.59 Å². The summed E-state index contributed by atoms with van der Waals surface area (Å²) in [5, 5.41) is 13.3. The first-order valence-electron chi connectivity index (χ1n) is 5.97. The number of nitriles is 1. The summed E-state index contributed by atoms with van der Waals surface area (Å²) in [6.45, 7) is 0.504. The van der Waals surface area contributed by atoms with E-state index in [1.807, 2.05) is 0 Å². The van der Waals surface area contributed by atoms with Crippen molar-refractivity contribution in [2.24, 2.45) is 0 Å². The van der Waals surface area contributed by atoms with Crippen LogP contribution in [0.5, 0.6) is 0 Å². The highest BCUT2D eigenvalue weighted by Crippen LogP contribution is 2.04. The molecule has 2 N–H and O–H groups in total. The maximum absolute atomic E-state index is 12.9. The number of nitrogens with one attached hydrogen (secondary N) is 2. The lowest BCUT2D eigenvalue weighted by Crippen LogP contribution is -2.33. The Morgan fingerprint density at radius 3 is 2.75 bits per heavy atom. The van der Waals surface area contributed by atoms with E-state index in [0.717, 1.165) is 0 Å². The smallest absolute Gasteiger partial charge is 0.244 e. The van der Waals surface area contributed by atoms with E-state index >= 15 is 0 Å². The summed E-state index contributed by atoms with van der Waals surface area (Å²) < 4.78 is 12.9. The lowest BCUT2D eigenvalue weighted by atomic mass is 10.2. The zero-order valence-electron chi connectivity index (χ0n) is 10.7. The average Bonchev–Trinajstić information content (AvgIpc) is 2.42. The van der Waals surface area contributed by atoms with E-state index in [-0.39, 0.29) is 37.1 Å². The maximum Gasteiger partial charge on any atom is 0.244 e. The molecule has 0 bridgehead atoms. The Bertz CT molecular complexity index is 550. The van der Waals surface area contributed by atoms with Crippen LogP contribution in [0.25, 0.3) is 6.08 Å². The molecule has 0 saturated carbocycles. The van der Waals surface area contributed by atoms with Crippen molar-refractivity contribution in [2.45, 2.75) is 6.42 Å². The van der Waals surface area contributed by atoms with Crippen molar-refractivity contribution < 1.29 is 14.0 Å². The van der Waals surface area contributed by atoms with E-state index < -0.39 is 0 Å². The molecule has 0 aliphatic rings. The third-order valence-electron chi connectivity index (χ3n) is 2.26. The molecule has 0 fully saturated rings. The van der Waals surface area contributed by atoms with Gasteiger partial charge in [0, 0.05) is 19.2 Å². The van der Waals surface area contributed by atoms with Crippen LogP contribution in [-0.2, 0) is 9.59 Å². The van der Waals surface area contributed by atoms with E-state index in [1.165, 1.54) is 24.3 Å². The monoisotopic (exact) mass is 275 g/mol. The van der Waals surface area contributed by atoms with Crippen molar-refractivity contribution in [3.05, 3.63) is 41.7 Å². The highest BCUT2D eigenvalue weighted by atomic mass is 19.1. The van der Waals surface area contributed by atoms with E-state index in [1.54, 1.807) is 18.2 Å². The molecule has 0 aromatic heterocycles. The van der Waals surface area contributed by atoms with Crippen molar-refractivity contribution in [1.82, 2.24) is 10.6 Å². The van der Waals surface area contributed by atoms with Gasteiger partial charge in [0.05, 0.1) is 6.07 Å². The van der Waals surface area contributed by atoms with Gasteiger partial charge in [-0.2, -0.15) is 5.26 Å². The van der Waals surface area contributed by atoms with E-state index in [0.29, 0.717) is 5.56 Å². The quantitative estimate of drug-likeness (QED) is 0.600. The fraction of sp³-hybridized carbons (Fsp3) is 0.214. The molecule has 5 nitrogen and oxygen atoms in total. The van der Waals surface area contributed by atoms with Crippen molar-refractivity contribution >= 4 is 17.9 Å². The second-order valence-electron chi connectivity index (χ2n) is 3.86. The van der Waals surface area contributed by atoms with Crippen molar-refractivity contribution in [2.75, 3.05) is 13.1 Å². The Morgan fingerprint density at radius 1 is 1.30 bits per heavy atom. The Labute approximate surface area is 116 Å². The first-order valence-corrected chi connectivity index (χ1v) is 5.97. The van der Waals surface area contributed by atoms with Crippen LogP contribution in [0.15, 0.2) is 30.3 Å². The topological polar surface area (TPSA) is 82.0 Å². The molecule has 20 heavy (non-hydrogen) atoms. The van der Waals surface area contributed by atoms with Gasteiger partial charge in [0.25, 0.3) is 0 Å². The first-order chi connectivity index (χ1) is 9.61. The number of hydrogen-bond acceptors (Lipinski definition) is 3. The lowest BCUT2D eigenvalue weighted by molar-refractivity contribution is -0.120. The summed E-state index contributed by atoms with van der Waals surface area (Å²) in [5.41, 5.74) is 0.586. The van der Waals surface area contributed by atoms with E-state index in [4.69, 9.17) is 5.26 Å². The van der Waals surface area contributed by atoms with Gasteiger partial charge in [0.15, 0.2) is 0 Å². The highest BCUT2D eigenvalue weighted by molar-refractivity contribution is 5.91. The standard InChI is InChI=1S/C14H14FN3O2/c15-12-3-1-2-11(10-12)4-5-13(19)17-8-9-18-14(20)6-7-16/h1-5,10H,6,8-9H2,(H,17,19)(H,18,20)/b5-4+. The maximum atomic E-state index is 12.9. The number of nitrogens with zero attached hydrogens (tertiary/aromatic N) is 1. The normalized spacial score (nSPS) is 10.0. The molecule has 1 aromatic rings. The number of halogens is 1.